The van der Waals surface area contributed by atoms with Crippen molar-refractivity contribution in [3.63, 3.8) is 0 Å². The molecule has 60 heavy (non-hydrogen) atoms. The van der Waals surface area contributed by atoms with E-state index < -0.39 is 114 Å². The van der Waals surface area contributed by atoms with Crippen molar-refractivity contribution in [3.8, 4) is 0 Å². The molecule has 0 aliphatic carbocycles. The number of rotatable bonds is 8. The lowest BCUT2D eigenvalue weighted by molar-refractivity contribution is -0.326. The van der Waals surface area contributed by atoms with Gasteiger partial charge in [0.2, 0.25) is 11.7 Å². The second-order valence-corrected chi connectivity index (χ2v) is 17.0. The van der Waals surface area contributed by atoms with E-state index in [9.17, 15) is 54.2 Å². The van der Waals surface area contributed by atoms with E-state index in [1.807, 2.05) is 13.8 Å². The summed E-state index contributed by atoms with van der Waals surface area (Å²) in [5.41, 5.74) is 2.83. The standard InChI is InChI=1S/C38H64N8O14/c1-20(2)17-24-13-14-38(55,60-23(24)6)37(7,54)36(53)42-29-30(21(3)4)59-35(52)22(5)45(56)32(49)25-11-9-15-40-43(25)28(47)18-39-31(48)27(19-58-8)46(57)33(50)26-12-10-16-41-44(26)34(29)51/h20-27,29-30,40-41,54-57H,9-19H2,1-8H3,(H,39,48)(H,42,53)/t22-,23-,24-,25-,26+,27+,29-,30-,37-,38-/m0/s1. The zero-order chi connectivity index (χ0) is 44.9. The van der Waals surface area contributed by atoms with E-state index in [0.717, 1.165) is 30.3 Å². The third kappa shape index (κ3) is 10.5. The van der Waals surface area contributed by atoms with Crippen LogP contribution in [-0.2, 0) is 47.8 Å². The Balaban J connectivity index is 1.79. The van der Waals surface area contributed by atoms with E-state index >= 15 is 0 Å². The number of hydrogen-bond donors (Lipinski definition) is 8. The molecule has 22 heteroatoms. The molecule has 4 rings (SSSR count). The van der Waals surface area contributed by atoms with Gasteiger partial charge >= 0.3 is 5.97 Å². The van der Waals surface area contributed by atoms with E-state index in [-0.39, 0.29) is 48.4 Å². The first-order valence-corrected chi connectivity index (χ1v) is 20.6. The Morgan fingerprint density at radius 1 is 0.933 bits per heavy atom. The van der Waals surface area contributed by atoms with Gasteiger partial charge in [0, 0.05) is 26.6 Å². The number of hydrogen-bond acceptors (Lipinski definition) is 16. The third-order valence-corrected chi connectivity index (χ3v) is 11.7. The second-order valence-electron chi connectivity index (χ2n) is 17.0. The van der Waals surface area contributed by atoms with Crippen molar-refractivity contribution in [1.82, 2.24) is 41.6 Å². The summed E-state index contributed by atoms with van der Waals surface area (Å²) in [6.45, 7) is 10.1. The van der Waals surface area contributed by atoms with Crippen molar-refractivity contribution in [2.75, 3.05) is 33.4 Å². The SMILES string of the molecule is COC[C@@H]1C(=O)NCC(=O)N2NCCC[C@H]2C(=O)N(O)[C@@H](C)C(=O)O[C@@H](C(C)C)[C@H](NC(=O)[C@](C)(O)[C@]2(O)CC[C@@H](CC(C)C)[C@H](C)O2)C(=O)N2NCCC[C@@H]2C(=O)N1O. The molecule has 0 saturated carbocycles. The monoisotopic (exact) mass is 856 g/mol. The van der Waals surface area contributed by atoms with Gasteiger partial charge in [-0.15, -0.1) is 0 Å². The van der Waals surface area contributed by atoms with E-state index in [0.29, 0.717) is 25.2 Å². The molecule has 0 aromatic heterocycles. The summed E-state index contributed by atoms with van der Waals surface area (Å²) in [7, 11) is 1.20. The minimum atomic E-state index is -2.72. The maximum atomic E-state index is 14.8. The summed E-state index contributed by atoms with van der Waals surface area (Å²) in [6, 6.07) is -8.32. The smallest absolute Gasteiger partial charge is 0.331 e. The fraction of sp³-hybridized carbons (Fsp3) is 0.816. The number of cyclic esters (lactones) is 1. The molecule has 4 aliphatic heterocycles. The van der Waals surface area contributed by atoms with Gasteiger partial charge < -0.3 is 35.1 Å². The van der Waals surface area contributed by atoms with E-state index in [1.165, 1.54) is 21.0 Å². The van der Waals surface area contributed by atoms with Gasteiger partial charge in [0.25, 0.3) is 29.5 Å². The Hall–Kier alpha value is -4.03. The van der Waals surface area contributed by atoms with Crippen LogP contribution in [0.3, 0.4) is 0 Å². The van der Waals surface area contributed by atoms with Crippen molar-refractivity contribution in [3.05, 3.63) is 0 Å². The molecule has 0 spiro atoms. The van der Waals surface area contributed by atoms with Crippen molar-refractivity contribution < 1.29 is 68.4 Å². The average molecular weight is 857 g/mol. The number of hydrazine groups is 2. The Kier molecular flexibility index (Phi) is 16.4. The van der Waals surface area contributed by atoms with Crippen LogP contribution in [0.2, 0.25) is 0 Å². The molecule has 4 fully saturated rings. The van der Waals surface area contributed by atoms with Crippen LogP contribution in [0.25, 0.3) is 0 Å². The Morgan fingerprint density at radius 3 is 2.08 bits per heavy atom. The van der Waals surface area contributed by atoms with Crippen LogP contribution < -0.4 is 21.5 Å². The molecular weight excluding hydrogens is 792 g/mol. The molecule has 340 valence electrons. The van der Waals surface area contributed by atoms with Crippen molar-refractivity contribution in [2.24, 2.45) is 17.8 Å². The quantitative estimate of drug-likeness (QED) is 0.0998. The van der Waals surface area contributed by atoms with Crippen LogP contribution in [0.4, 0.5) is 0 Å². The summed E-state index contributed by atoms with van der Waals surface area (Å²) >= 11 is 0. The highest BCUT2D eigenvalue weighted by atomic mass is 16.6. The minimum absolute atomic E-state index is 0.0137. The summed E-state index contributed by atoms with van der Waals surface area (Å²) < 4.78 is 16.9. The Morgan fingerprint density at radius 2 is 1.52 bits per heavy atom. The first-order valence-electron chi connectivity index (χ1n) is 20.6. The van der Waals surface area contributed by atoms with Gasteiger partial charge in [-0.05, 0) is 77.0 Å². The number of amides is 6. The van der Waals surface area contributed by atoms with Crippen LogP contribution in [0.15, 0.2) is 0 Å². The molecule has 10 atom stereocenters. The van der Waals surface area contributed by atoms with Gasteiger partial charge in [-0.1, -0.05) is 27.7 Å². The first-order chi connectivity index (χ1) is 28.1. The van der Waals surface area contributed by atoms with Crippen LogP contribution in [0.5, 0.6) is 0 Å². The van der Waals surface area contributed by atoms with Gasteiger partial charge in [0.1, 0.15) is 24.2 Å². The lowest BCUT2D eigenvalue weighted by atomic mass is 9.79. The number of aliphatic hydroxyl groups is 2. The molecule has 22 nitrogen and oxygen atoms in total. The second kappa shape index (κ2) is 20.2. The van der Waals surface area contributed by atoms with Crippen LogP contribution in [-0.4, -0.2) is 169 Å². The lowest BCUT2D eigenvalue weighted by Crippen LogP contribution is -2.70. The molecule has 0 aromatic carbocycles. The number of nitrogens with one attached hydrogen (secondary N) is 4. The van der Waals surface area contributed by atoms with Gasteiger partial charge in [-0.3, -0.25) is 49.2 Å². The zero-order valence-electron chi connectivity index (χ0n) is 35.7. The summed E-state index contributed by atoms with van der Waals surface area (Å²) in [5.74, 6) is -10.7. The molecule has 0 aromatic rings. The predicted octanol–water partition coefficient (Wildman–Crippen LogP) is -1.70. The van der Waals surface area contributed by atoms with Crippen molar-refractivity contribution >= 4 is 41.4 Å². The number of carbonyl (C=O) groups is 7. The largest absolute Gasteiger partial charge is 0.458 e. The van der Waals surface area contributed by atoms with Crippen LogP contribution >= 0.6 is 0 Å². The predicted molar refractivity (Wildman–Crippen MR) is 206 cm³/mol. The maximum absolute atomic E-state index is 14.8. The molecule has 4 heterocycles. The highest BCUT2D eigenvalue weighted by molar-refractivity contribution is 5.97. The number of hydroxylamine groups is 4. The van der Waals surface area contributed by atoms with Gasteiger partial charge in [-0.25, -0.2) is 25.8 Å². The highest BCUT2D eigenvalue weighted by Gasteiger charge is 2.57. The summed E-state index contributed by atoms with van der Waals surface area (Å²) in [5, 5.41) is 52.5. The highest BCUT2D eigenvalue weighted by Crippen LogP contribution is 2.40. The molecule has 0 bridgehead atoms. The van der Waals surface area contributed by atoms with E-state index in [1.54, 1.807) is 6.92 Å². The Bertz CT molecular complexity index is 1600. The normalized spacial score (nSPS) is 33.3. The Labute approximate surface area is 349 Å². The van der Waals surface area contributed by atoms with Crippen molar-refractivity contribution in [1.29, 1.82) is 0 Å². The number of fused-ring (bicyclic) bond motifs is 2. The fourth-order valence-electron chi connectivity index (χ4n) is 8.03. The molecular formula is C38H64N8O14. The van der Waals surface area contributed by atoms with E-state index in [4.69, 9.17) is 14.2 Å². The lowest BCUT2D eigenvalue weighted by Gasteiger charge is -2.47. The van der Waals surface area contributed by atoms with E-state index in [2.05, 4.69) is 21.5 Å². The molecule has 0 radical (unpaired) electrons. The van der Waals surface area contributed by atoms with Crippen molar-refractivity contribution in [2.45, 2.75) is 147 Å². The number of ether oxygens (including phenoxy) is 3. The first kappa shape index (κ1) is 48.6. The summed E-state index contributed by atoms with van der Waals surface area (Å²) in [6.07, 6.45) is -0.563. The average Bonchev–Trinajstić information content (AvgIpc) is 3.21. The maximum Gasteiger partial charge on any atom is 0.331 e. The fourth-order valence-corrected chi connectivity index (χ4v) is 8.03. The number of methoxy groups -OCH3 is 1. The molecule has 0 unspecified atom stereocenters. The summed E-state index contributed by atoms with van der Waals surface area (Å²) in [4.78, 5) is 97.5. The molecule has 4 aliphatic rings. The zero-order valence-corrected chi connectivity index (χ0v) is 35.7. The topological polar surface area (TPSA) is 289 Å². The minimum Gasteiger partial charge on any atom is -0.458 e. The van der Waals surface area contributed by atoms with Crippen LogP contribution in [0.1, 0.15) is 93.4 Å². The number of carbonyl (C=O) groups excluding carboxylic acids is 7. The van der Waals surface area contributed by atoms with Gasteiger partial charge in [0.05, 0.1) is 19.3 Å². The molecule has 8 N–H and O–H groups in total. The number of esters is 1. The molecule has 6 amide bonds. The van der Waals surface area contributed by atoms with Crippen LogP contribution in [0, 0.1) is 17.8 Å². The third-order valence-electron chi connectivity index (χ3n) is 11.7. The molecule has 4 saturated heterocycles. The number of nitrogens with zero attached hydrogens (tertiary/aromatic N) is 4. The van der Waals surface area contributed by atoms with Gasteiger partial charge in [0.15, 0.2) is 17.7 Å². The van der Waals surface area contributed by atoms with Gasteiger partial charge in [-0.2, -0.15) is 0 Å².